The van der Waals surface area contributed by atoms with Crippen molar-refractivity contribution in [1.29, 1.82) is 0 Å². The molecule has 0 amide bonds. The number of fused-ring (bicyclic) bond motifs is 1. The number of imidazole rings is 1. The van der Waals surface area contributed by atoms with E-state index >= 15 is 0 Å². The third-order valence-corrected chi connectivity index (χ3v) is 4.60. The van der Waals surface area contributed by atoms with Gasteiger partial charge in [-0.25, -0.2) is 4.98 Å². The lowest BCUT2D eigenvalue weighted by Crippen LogP contribution is -2.10. The summed E-state index contributed by atoms with van der Waals surface area (Å²) in [6.07, 6.45) is 1.96. The van der Waals surface area contributed by atoms with E-state index in [1.807, 2.05) is 6.33 Å². The minimum Gasteiger partial charge on any atom is -0.383 e. The van der Waals surface area contributed by atoms with Gasteiger partial charge in [-0.15, -0.1) is 0 Å². The van der Waals surface area contributed by atoms with Crippen molar-refractivity contribution in [2.24, 2.45) is 5.92 Å². The summed E-state index contributed by atoms with van der Waals surface area (Å²) in [7, 11) is 0. The van der Waals surface area contributed by atoms with E-state index in [2.05, 4.69) is 74.8 Å². The number of aryl methyl sites for hydroxylation is 2. The van der Waals surface area contributed by atoms with Crippen LogP contribution in [0.2, 0.25) is 0 Å². The SMILES string of the molecule is Cc1ccc(Cn2cnc3c(NCC(C)C)c(C)c(C)cc32)cc1. The largest absolute Gasteiger partial charge is 0.383 e. The molecule has 24 heavy (non-hydrogen) atoms. The van der Waals surface area contributed by atoms with Crippen LogP contribution < -0.4 is 5.32 Å². The number of nitrogens with zero attached hydrogens (tertiary/aromatic N) is 2. The fourth-order valence-corrected chi connectivity index (χ4v) is 2.96. The maximum atomic E-state index is 4.71. The summed E-state index contributed by atoms with van der Waals surface area (Å²) >= 11 is 0. The van der Waals surface area contributed by atoms with Gasteiger partial charge in [0.2, 0.25) is 0 Å². The first-order valence-corrected chi connectivity index (χ1v) is 8.70. The molecule has 0 spiro atoms. The molecule has 0 bridgehead atoms. The average molecular weight is 321 g/mol. The lowest BCUT2D eigenvalue weighted by Gasteiger charge is -2.15. The van der Waals surface area contributed by atoms with Gasteiger partial charge < -0.3 is 9.88 Å². The molecule has 3 aromatic rings. The van der Waals surface area contributed by atoms with Gasteiger partial charge in [-0.1, -0.05) is 43.7 Å². The normalized spacial score (nSPS) is 11.4. The highest BCUT2D eigenvalue weighted by atomic mass is 15.1. The highest BCUT2D eigenvalue weighted by molar-refractivity contribution is 5.91. The molecule has 2 aromatic carbocycles. The third-order valence-electron chi connectivity index (χ3n) is 4.60. The standard InChI is InChI=1S/C21H27N3/c1-14(2)11-22-20-17(5)16(4)10-19-21(20)23-13-24(19)12-18-8-6-15(3)7-9-18/h6-10,13-14,22H,11-12H2,1-5H3. The summed E-state index contributed by atoms with van der Waals surface area (Å²) in [5.74, 6) is 0.606. The Morgan fingerprint density at radius 2 is 1.79 bits per heavy atom. The Morgan fingerprint density at radius 3 is 2.46 bits per heavy atom. The highest BCUT2D eigenvalue weighted by Crippen LogP contribution is 2.29. The van der Waals surface area contributed by atoms with E-state index in [-0.39, 0.29) is 0 Å². The zero-order valence-electron chi connectivity index (χ0n) is 15.4. The Bertz CT molecular complexity index is 842. The summed E-state index contributed by atoms with van der Waals surface area (Å²) < 4.78 is 2.24. The van der Waals surface area contributed by atoms with Crippen LogP contribution in [0.5, 0.6) is 0 Å². The zero-order valence-corrected chi connectivity index (χ0v) is 15.4. The molecule has 1 heterocycles. The third kappa shape index (κ3) is 3.30. The van der Waals surface area contributed by atoms with Crippen molar-refractivity contribution in [3.8, 4) is 0 Å². The Kier molecular flexibility index (Phi) is 4.61. The van der Waals surface area contributed by atoms with E-state index in [4.69, 9.17) is 4.98 Å². The van der Waals surface area contributed by atoms with Gasteiger partial charge in [0.15, 0.2) is 0 Å². The van der Waals surface area contributed by atoms with Crippen LogP contribution in [0.3, 0.4) is 0 Å². The fraction of sp³-hybridized carbons (Fsp3) is 0.381. The van der Waals surface area contributed by atoms with E-state index in [0.717, 1.165) is 18.6 Å². The van der Waals surface area contributed by atoms with Crippen molar-refractivity contribution in [2.45, 2.75) is 41.2 Å². The van der Waals surface area contributed by atoms with Crippen LogP contribution in [0, 0.1) is 26.7 Å². The van der Waals surface area contributed by atoms with Crippen LogP contribution in [-0.2, 0) is 6.54 Å². The number of hydrogen-bond acceptors (Lipinski definition) is 2. The first-order valence-electron chi connectivity index (χ1n) is 8.70. The van der Waals surface area contributed by atoms with E-state index in [1.54, 1.807) is 0 Å². The second kappa shape index (κ2) is 6.68. The summed E-state index contributed by atoms with van der Waals surface area (Å²) in [5, 5.41) is 3.61. The quantitative estimate of drug-likeness (QED) is 0.710. The summed E-state index contributed by atoms with van der Waals surface area (Å²) in [5.41, 5.74) is 8.65. The van der Waals surface area contributed by atoms with Crippen molar-refractivity contribution < 1.29 is 0 Å². The smallest absolute Gasteiger partial charge is 0.112 e. The molecule has 0 saturated heterocycles. The first kappa shape index (κ1) is 16.6. The van der Waals surface area contributed by atoms with E-state index < -0.39 is 0 Å². The number of anilines is 1. The number of hydrogen-bond donors (Lipinski definition) is 1. The second-order valence-electron chi connectivity index (χ2n) is 7.19. The molecule has 0 aliphatic rings. The summed E-state index contributed by atoms with van der Waals surface area (Å²) in [6.45, 7) is 12.7. The number of nitrogens with one attached hydrogen (secondary N) is 1. The van der Waals surface area contributed by atoms with Crippen molar-refractivity contribution in [2.75, 3.05) is 11.9 Å². The van der Waals surface area contributed by atoms with Crippen molar-refractivity contribution >= 4 is 16.7 Å². The van der Waals surface area contributed by atoms with E-state index in [9.17, 15) is 0 Å². The van der Waals surface area contributed by atoms with E-state index in [0.29, 0.717) is 5.92 Å². The molecule has 1 N–H and O–H groups in total. The van der Waals surface area contributed by atoms with Crippen LogP contribution in [-0.4, -0.2) is 16.1 Å². The molecule has 0 aliphatic heterocycles. The number of rotatable bonds is 5. The second-order valence-corrected chi connectivity index (χ2v) is 7.19. The molecule has 1 aromatic heterocycles. The van der Waals surface area contributed by atoms with Gasteiger partial charge in [-0.2, -0.15) is 0 Å². The molecule has 126 valence electrons. The molecular formula is C21H27N3. The topological polar surface area (TPSA) is 29.9 Å². The zero-order chi connectivity index (χ0) is 17.3. The summed E-state index contributed by atoms with van der Waals surface area (Å²) in [4.78, 5) is 4.71. The molecule has 0 atom stereocenters. The number of aromatic nitrogens is 2. The van der Waals surface area contributed by atoms with Gasteiger partial charge in [0.05, 0.1) is 17.5 Å². The Morgan fingerprint density at radius 1 is 1.08 bits per heavy atom. The Hall–Kier alpha value is -2.29. The molecular weight excluding hydrogens is 294 g/mol. The molecule has 0 fully saturated rings. The molecule has 3 rings (SSSR count). The van der Waals surface area contributed by atoms with Gasteiger partial charge in [0.1, 0.15) is 5.52 Å². The lowest BCUT2D eigenvalue weighted by molar-refractivity contribution is 0.689. The Balaban J connectivity index is 2.00. The van der Waals surface area contributed by atoms with Crippen molar-refractivity contribution in [3.05, 3.63) is 58.9 Å². The molecule has 3 nitrogen and oxygen atoms in total. The molecule has 0 radical (unpaired) electrons. The minimum absolute atomic E-state index is 0.606. The van der Waals surface area contributed by atoms with E-state index in [1.165, 1.54) is 33.5 Å². The predicted octanol–water partition coefficient (Wildman–Crippen LogP) is 5.08. The Labute approximate surface area is 144 Å². The average Bonchev–Trinajstić information content (AvgIpc) is 2.92. The van der Waals surface area contributed by atoms with Gasteiger partial charge in [0.25, 0.3) is 0 Å². The van der Waals surface area contributed by atoms with Gasteiger partial charge in [-0.3, -0.25) is 0 Å². The minimum atomic E-state index is 0.606. The maximum absolute atomic E-state index is 4.71. The van der Waals surface area contributed by atoms with Crippen LogP contribution >= 0.6 is 0 Å². The van der Waals surface area contributed by atoms with Crippen molar-refractivity contribution in [1.82, 2.24) is 9.55 Å². The van der Waals surface area contributed by atoms with Crippen LogP contribution in [0.25, 0.3) is 11.0 Å². The molecule has 3 heteroatoms. The molecule has 0 unspecified atom stereocenters. The predicted molar refractivity (Wildman–Crippen MR) is 103 cm³/mol. The lowest BCUT2D eigenvalue weighted by atomic mass is 10.1. The maximum Gasteiger partial charge on any atom is 0.112 e. The molecule has 0 saturated carbocycles. The van der Waals surface area contributed by atoms with Crippen LogP contribution in [0.15, 0.2) is 36.7 Å². The van der Waals surface area contributed by atoms with Crippen LogP contribution in [0.4, 0.5) is 5.69 Å². The molecule has 0 aliphatic carbocycles. The summed E-state index contributed by atoms with van der Waals surface area (Å²) in [6, 6.07) is 11.0. The first-order chi connectivity index (χ1) is 11.5. The number of benzene rings is 2. The van der Waals surface area contributed by atoms with Gasteiger partial charge in [0, 0.05) is 13.1 Å². The fourth-order valence-electron chi connectivity index (χ4n) is 2.96. The highest BCUT2D eigenvalue weighted by Gasteiger charge is 2.13. The van der Waals surface area contributed by atoms with Gasteiger partial charge in [-0.05, 0) is 49.4 Å². The monoisotopic (exact) mass is 321 g/mol. The van der Waals surface area contributed by atoms with Crippen molar-refractivity contribution in [3.63, 3.8) is 0 Å². The van der Waals surface area contributed by atoms with Crippen LogP contribution in [0.1, 0.15) is 36.1 Å². The van der Waals surface area contributed by atoms with Gasteiger partial charge >= 0.3 is 0 Å².